The first-order valence-electron chi connectivity index (χ1n) is 13.2. The Morgan fingerprint density at radius 1 is 0.688 bits per heavy atom. The minimum Gasteiger partial charge on any atom is -0.508 e. The molecule has 2 aliphatic rings. The first kappa shape index (κ1) is 23.2. The van der Waals surface area contributed by atoms with Gasteiger partial charge in [0.2, 0.25) is 0 Å². The van der Waals surface area contributed by atoms with Crippen molar-refractivity contribution in [2.45, 2.75) is 96.3 Å². The van der Waals surface area contributed by atoms with Gasteiger partial charge >= 0.3 is 0 Å². The Kier molecular flexibility index (Phi) is 8.16. The summed E-state index contributed by atoms with van der Waals surface area (Å²) in [4.78, 5) is 0. The van der Waals surface area contributed by atoms with Crippen LogP contribution in [-0.2, 0) is 6.42 Å². The van der Waals surface area contributed by atoms with Crippen LogP contribution in [0.3, 0.4) is 0 Å². The van der Waals surface area contributed by atoms with E-state index in [4.69, 9.17) is 0 Å². The van der Waals surface area contributed by atoms with E-state index in [9.17, 15) is 10.2 Å². The Balaban J connectivity index is 1.23. The van der Waals surface area contributed by atoms with Gasteiger partial charge in [0.15, 0.2) is 0 Å². The van der Waals surface area contributed by atoms with E-state index in [-0.39, 0.29) is 11.5 Å². The smallest absolute Gasteiger partial charge is 0.119 e. The summed E-state index contributed by atoms with van der Waals surface area (Å²) >= 11 is 0. The van der Waals surface area contributed by atoms with Gasteiger partial charge in [0, 0.05) is 6.07 Å². The third kappa shape index (κ3) is 6.30. The fraction of sp³-hybridized carbons (Fsp3) is 0.600. The normalized spacial score (nSPS) is 26.2. The van der Waals surface area contributed by atoms with Crippen molar-refractivity contribution in [2.75, 3.05) is 0 Å². The highest BCUT2D eigenvalue weighted by atomic mass is 16.3. The number of phenols is 2. The molecule has 0 aromatic heterocycles. The Bertz CT molecular complexity index is 804. The third-order valence-corrected chi connectivity index (χ3v) is 8.37. The number of hydrogen-bond acceptors (Lipinski definition) is 2. The van der Waals surface area contributed by atoms with Crippen molar-refractivity contribution in [3.8, 4) is 11.5 Å². The number of hydrogen-bond donors (Lipinski definition) is 2. The first-order valence-corrected chi connectivity index (χ1v) is 13.2. The van der Waals surface area contributed by atoms with Gasteiger partial charge in [-0.2, -0.15) is 0 Å². The van der Waals surface area contributed by atoms with Crippen molar-refractivity contribution in [3.63, 3.8) is 0 Å². The molecule has 4 rings (SSSR count). The summed E-state index contributed by atoms with van der Waals surface area (Å²) in [6.45, 7) is 2.31. The number of benzene rings is 2. The van der Waals surface area contributed by atoms with Crippen molar-refractivity contribution in [1.29, 1.82) is 0 Å². The summed E-state index contributed by atoms with van der Waals surface area (Å²) in [6, 6.07) is 13.9. The number of rotatable bonds is 8. The summed E-state index contributed by atoms with van der Waals surface area (Å²) < 4.78 is 0. The summed E-state index contributed by atoms with van der Waals surface area (Å²) in [5.74, 6) is 3.96. The fourth-order valence-electron chi connectivity index (χ4n) is 6.46. The fourth-order valence-corrected chi connectivity index (χ4v) is 6.46. The monoisotopic (exact) mass is 434 g/mol. The highest BCUT2D eigenvalue weighted by Gasteiger charge is 2.31. The van der Waals surface area contributed by atoms with E-state index in [0.717, 1.165) is 35.7 Å². The Labute approximate surface area is 195 Å². The standard InChI is InChI=1S/C30H42O2/c1-2-3-4-5-22-6-10-25(11-7-22)27-14-16-28(17-15-27)26-12-8-23(9-13-26)18-24-19-29(31)21-30(32)20-24/h8-9,12-13,19-22,25,27-28,31-32H,2-7,10-11,14-18H2,1H3. The van der Waals surface area contributed by atoms with Gasteiger partial charge in [0.05, 0.1) is 0 Å². The van der Waals surface area contributed by atoms with Crippen LogP contribution < -0.4 is 0 Å². The highest BCUT2D eigenvalue weighted by Crippen LogP contribution is 2.44. The zero-order valence-electron chi connectivity index (χ0n) is 19.9. The van der Waals surface area contributed by atoms with E-state index in [2.05, 4.69) is 31.2 Å². The van der Waals surface area contributed by atoms with Crippen LogP contribution >= 0.6 is 0 Å². The van der Waals surface area contributed by atoms with E-state index in [1.54, 1.807) is 12.1 Å². The second-order valence-electron chi connectivity index (χ2n) is 10.7. The molecule has 2 aliphatic carbocycles. The lowest BCUT2D eigenvalue weighted by molar-refractivity contribution is 0.155. The molecule has 0 aliphatic heterocycles. The number of aromatic hydroxyl groups is 2. The highest BCUT2D eigenvalue weighted by molar-refractivity contribution is 5.39. The molecule has 0 bridgehead atoms. The molecule has 2 fully saturated rings. The summed E-state index contributed by atoms with van der Waals surface area (Å²) in [5, 5.41) is 19.4. The van der Waals surface area contributed by atoms with Gasteiger partial charge in [-0.1, -0.05) is 69.7 Å². The molecule has 0 unspecified atom stereocenters. The Morgan fingerprint density at radius 3 is 1.88 bits per heavy atom. The predicted octanol–water partition coefficient (Wildman–Crippen LogP) is 8.35. The molecule has 0 atom stereocenters. The Hall–Kier alpha value is -1.96. The van der Waals surface area contributed by atoms with Gasteiger partial charge in [-0.3, -0.25) is 0 Å². The first-order chi connectivity index (χ1) is 15.6. The molecule has 0 radical (unpaired) electrons. The van der Waals surface area contributed by atoms with E-state index in [0.29, 0.717) is 0 Å². The minimum absolute atomic E-state index is 0.123. The quantitative estimate of drug-likeness (QED) is 0.410. The predicted molar refractivity (Wildman–Crippen MR) is 133 cm³/mol. The van der Waals surface area contributed by atoms with Crippen LogP contribution in [-0.4, -0.2) is 10.2 Å². The van der Waals surface area contributed by atoms with Crippen LogP contribution in [0.15, 0.2) is 42.5 Å². The number of phenolic OH excluding ortho intramolecular Hbond substituents is 2. The maximum absolute atomic E-state index is 9.70. The van der Waals surface area contributed by atoms with Crippen LogP contribution in [0.5, 0.6) is 11.5 Å². The van der Waals surface area contributed by atoms with Gasteiger partial charge in [-0.15, -0.1) is 0 Å². The molecule has 0 amide bonds. The van der Waals surface area contributed by atoms with Crippen LogP contribution in [0, 0.1) is 17.8 Å². The maximum Gasteiger partial charge on any atom is 0.119 e. The molecule has 2 nitrogen and oxygen atoms in total. The molecule has 0 saturated heterocycles. The van der Waals surface area contributed by atoms with Crippen molar-refractivity contribution in [3.05, 3.63) is 59.2 Å². The molecule has 32 heavy (non-hydrogen) atoms. The van der Waals surface area contributed by atoms with Crippen molar-refractivity contribution in [2.24, 2.45) is 17.8 Å². The van der Waals surface area contributed by atoms with E-state index >= 15 is 0 Å². The lowest BCUT2D eigenvalue weighted by Gasteiger charge is -2.38. The van der Waals surface area contributed by atoms with E-state index < -0.39 is 0 Å². The molecule has 0 spiro atoms. The van der Waals surface area contributed by atoms with Gasteiger partial charge in [0.1, 0.15) is 11.5 Å². The van der Waals surface area contributed by atoms with Crippen LogP contribution in [0.4, 0.5) is 0 Å². The van der Waals surface area contributed by atoms with Gasteiger partial charge in [0.25, 0.3) is 0 Å². The molecular formula is C30H42O2. The lowest BCUT2D eigenvalue weighted by atomic mass is 9.68. The maximum atomic E-state index is 9.70. The zero-order chi connectivity index (χ0) is 22.3. The zero-order valence-corrected chi connectivity index (χ0v) is 19.9. The van der Waals surface area contributed by atoms with Crippen LogP contribution in [0.2, 0.25) is 0 Å². The molecule has 0 heterocycles. The summed E-state index contributed by atoms with van der Waals surface area (Å²) in [5.41, 5.74) is 3.66. The molecule has 2 aromatic rings. The molecule has 2 N–H and O–H groups in total. The number of unbranched alkanes of at least 4 members (excludes halogenated alkanes) is 2. The topological polar surface area (TPSA) is 40.5 Å². The second-order valence-corrected chi connectivity index (χ2v) is 10.7. The third-order valence-electron chi connectivity index (χ3n) is 8.37. The van der Waals surface area contributed by atoms with Crippen LogP contribution in [0.25, 0.3) is 0 Å². The molecule has 2 aromatic carbocycles. The largest absolute Gasteiger partial charge is 0.508 e. The van der Waals surface area contributed by atoms with Crippen molar-refractivity contribution < 1.29 is 10.2 Å². The Morgan fingerprint density at radius 2 is 1.28 bits per heavy atom. The van der Waals surface area contributed by atoms with Gasteiger partial charge in [-0.25, -0.2) is 0 Å². The SMILES string of the molecule is CCCCCC1CCC(C2CCC(c3ccc(Cc4cc(O)cc(O)c4)cc3)CC2)CC1. The molecule has 2 saturated carbocycles. The van der Waals surface area contributed by atoms with E-state index in [1.807, 2.05) is 0 Å². The van der Waals surface area contributed by atoms with Gasteiger partial charge in [-0.05, 0) is 97.4 Å². The average Bonchev–Trinajstić information content (AvgIpc) is 2.80. The molecule has 174 valence electrons. The molecule has 2 heteroatoms. The average molecular weight is 435 g/mol. The lowest BCUT2D eigenvalue weighted by Crippen LogP contribution is -2.25. The molecular weight excluding hydrogens is 392 g/mol. The second kappa shape index (κ2) is 11.3. The summed E-state index contributed by atoms with van der Waals surface area (Å²) in [6.07, 6.45) is 17.9. The van der Waals surface area contributed by atoms with E-state index in [1.165, 1.54) is 94.2 Å². The van der Waals surface area contributed by atoms with Crippen LogP contribution in [0.1, 0.15) is 107 Å². The summed E-state index contributed by atoms with van der Waals surface area (Å²) in [7, 11) is 0. The van der Waals surface area contributed by atoms with Crippen molar-refractivity contribution in [1.82, 2.24) is 0 Å². The van der Waals surface area contributed by atoms with Crippen molar-refractivity contribution >= 4 is 0 Å². The van der Waals surface area contributed by atoms with Gasteiger partial charge < -0.3 is 10.2 Å². The minimum atomic E-state index is 0.123.